The van der Waals surface area contributed by atoms with Gasteiger partial charge in [0.1, 0.15) is 17.9 Å². The van der Waals surface area contributed by atoms with Crippen LogP contribution in [0.2, 0.25) is 5.02 Å². The summed E-state index contributed by atoms with van der Waals surface area (Å²) in [5, 5.41) is 15.7. The number of anilines is 1. The van der Waals surface area contributed by atoms with E-state index in [1.807, 2.05) is 0 Å². The van der Waals surface area contributed by atoms with Crippen LogP contribution in [0, 0.1) is 15.9 Å². The Kier molecular flexibility index (Phi) is 5.21. The summed E-state index contributed by atoms with van der Waals surface area (Å²) in [5.41, 5.74) is -1.99. The van der Waals surface area contributed by atoms with Gasteiger partial charge in [-0.25, -0.2) is 9.18 Å². The van der Waals surface area contributed by atoms with Crippen LogP contribution >= 0.6 is 11.6 Å². The number of nitrogens with one attached hydrogen (secondary N) is 2. The molecule has 2 N–H and O–H groups in total. The molecule has 0 spiro atoms. The van der Waals surface area contributed by atoms with Crippen molar-refractivity contribution >= 4 is 40.8 Å². The molecule has 2 aromatic rings. The quantitative estimate of drug-likeness (QED) is 0.437. The summed E-state index contributed by atoms with van der Waals surface area (Å²) in [7, 11) is 0. The molecule has 3 rings (SSSR count). The Balaban J connectivity index is 1.79. The first kappa shape index (κ1) is 20.2. The van der Waals surface area contributed by atoms with Crippen LogP contribution in [0.3, 0.4) is 0 Å². The lowest BCUT2D eigenvalue weighted by atomic mass is 9.92. The third kappa shape index (κ3) is 3.74. The van der Waals surface area contributed by atoms with E-state index in [0.717, 1.165) is 18.2 Å². The lowest BCUT2D eigenvalue weighted by molar-refractivity contribution is -0.384. The first-order chi connectivity index (χ1) is 13.6. The number of rotatable bonds is 5. The molecule has 0 bridgehead atoms. The zero-order chi connectivity index (χ0) is 21.3. The van der Waals surface area contributed by atoms with Gasteiger partial charge in [0, 0.05) is 22.7 Å². The predicted molar refractivity (Wildman–Crippen MR) is 101 cm³/mol. The van der Waals surface area contributed by atoms with Crippen molar-refractivity contribution in [1.82, 2.24) is 10.2 Å². The molecule has 1 atom stereocenters. The highest BCUT2D eigenvalue weighted by atomic mass is 35.5. The van der Waals surface area contributed by atoms with Crippen molar-refractivity contribution in [2.24, 2.45) is 0 Å². The molecule has 11 heteroatoms. The molecular weight excluding hydrogens is 407 g/mol. The second-order valence-corrected chi connectivity index (χ2v) is 6.80. The van der Waals surface area contributed by atoms with Gasteiger partial charge in [-0.1, -0.05) is 29.8 Å². The molecule has 0 aliphatic carbocycles. The maximum atomic E-state index is 13.8. The van der Waals surface area contributed by atoms with Gasteiger partial charge in [-0.05, 0) is 19.1 Å². The smallest absolute Gasteiger partial charge is 0.322 e. The molecule has 1 aliphatic rings. The molecule has 1 fully saturated rings. The van der Waals surface area contributed by atoms with E-state index in [1.165, 1.54) is 6.92 Å². The number of imide groups is 1. The topological polar surface area (TPSA) is 122 Å². The fourth-order valence-corrected chi connectivity index (χ4v) is 3.27. The number of hydrogen-bond acceptors (Lipinski definition) is 5. The van der Waals surface area contributed by atoms with E-state index in [0.29, 0.717) is 10.5 Å². The van der Waals surface area contributed by atoms with Gasteiger partial charge in [-0.2, -0.15) is 0 Å². The fourth-order valence-electron chi connectivity index (χ4n) is 2.95. The molecule has 29 heavy (non-hydrogen) atoms. The Morgan fingerprint density at radius 3 is 2.66 bits per heavy atom. The van der Waals surface area contributed by atoms with Gasteiger partial charge in [-0.3, -0.25) is 24.6 Å². The van der Waals surface area contributed by atoms with Crippen molar-refractivity contribution in [3.63, 3.8) is 0 Å². The van der Waals surface area contributed by atoms with Crippen LogP contribution < -0.4 is 10.6 Å². The zero-order valence-electron chi connectivity index (χ0n) is 14.9. The van der Waals surface area contributed by atoms with Crippen LogP contribution in [0.4, 0.5) is 20.6 Å². The summed E-state index contributed by atoms with van der Waals surface area (Å²) in [5.74, 6) is -2.52. The van der Waals surface area contributed by atoms with E-state index in [1.54, 1.807) is 24.3 Å². The summed E-state index contributed by atoms with van der Waals surface area (Å²) >= 11 is 6.13. The van der Waals surface area contributed by atoms with E-state index in [-0.39, 0.29) is 5.02 Å². The highest BCUT2D eigenvalue weighted by Gasteiger charge is 2.50. The summed E-state index contributed by atoms with van der Waals surface area (Å²) < 4.78 is 13.8. The first-order valence-electron chi connectivity index (χ1n) is 8.26. The van der Waals surface area contributed by atoms with Crippen LogP contribution in [-0.4, -0.2) is 34.2 Å². The molecule has 0 saturated carbocycles. The van der Waals surface area contributed by atoms with Gasteiger partial charge >= 0.3 is 6.03 Å². The minimum atomic E-state index is -1.48. The summed E-state index contributed by atoms with van der Waals surface area (Å²) in [6, 6.07) is 8.22. The van der Waals surface area contributed by atoms with E-state index in [4.69, 9.17) is 11.6 Å². The molecule has 1 aliphatic heterocycles. The van der Waals surface area contributed by atoms with Crippen LogP contribution in [0.25, 0.3) is 0 Å². The number of urea groups is 1. The van der Waals surface area contributed by atoms with Crippen molar-refractivity contribution in [2.75, 3.05) is 11.9 Å². The molecule has 0 unspecified atom stereocenters. The van der Waals surface area contributed by atoms with Crippen LogP contribution in [-0.2, 0) is 15.1 Å². The van der Waals surface area contributed by atoms with Gasteiger partial charge in [0.05, 0.1) is 10.6 Å². The number of hydrogen-bond donors (Lipinski definition) is 2. The highest BCUT2D eigenvalue weighted by molar-refractivity contribution is 6.32. The van der Waals surface area contributed by atoms with Gasteiger partial charge in [0.25, 0.3) is 11.6 Å². The number of benzene rings is 2. The lowest BCUT2D eigenvalue weighted by Gasteiger charge is -2.23. The number of nitro benzene ring substituents is 1. The average molecular weight is 421 g/mol. The van der Waals surface area contributed by atoms with E-state index in [9.17, 15) is 28.9 Å². The minimum absolute atomic E-state index is 0.258. The zero-order valence-corrected chi connectivity index (χ0v) is 15.7. The monoisotopic (exact) mass is 420 g/mol. The summed E-state index contributed by atoms with van der Waals surface area (Å²) in [6.45, 7) is 0.736. The van der Waals surface area contributed by atoms with Crippen molar-refractivity contribution in [2.45, 2.75) is 12.5 Å². The van der Waals surface area contributed by atoms with Gasteiger partial charge in [-0.15, -0.1) is 0 Å². The van der Waals surface area contributed by atoms with E-state index < -0.39 is 52.0 Å². The number of carbonyl (C=O) groups is 3. The number of non-ortho nitro benzene ring substituents is 1. The van der Waals surface area contributed by atoms with Gasteiger partial charge in [0.2, 0.25) is 5.91 Å². The first-order valence-corrected chi connectivity index (χ1v) is 8.64. The Morgan fingerprint density at radius 1 is 1.31 bits per heavy atom. The normalized spacial score (nSPS) is 18.5. The Bertz CT molecular complexity index is 1050. The minimum Gasteiger partial charge on any atom is -0.322 e. The molecule has 0 radical (unpaired) electrons. The molecule has 0 aromatic heterocycles. The lowest BCUT2D eigenvalue weighted by Crippen LogP contribution is -2.42. The van der Waals surface area contributed by atoms with Crippen molar-refractivity contribution in [1.29, 1.82) is 0 Å². The van der Waals surface area contributed by atoms with Crippen LogP contribution in [0.5, 0.6) is 0 Å². The van der Waals surface area contributed by atoms with E-state index >= 15 is 0 Å². The van der Waals surface area contributed by atoms with Crippen molar-refractivity contribution < 1.29 is 23.7 Å². The molecular formula is C18H14ClFN4O5. The molecule has 150 valence electrons. The maximum Gasteiger partial charge on any atom is 0.325 e. The van der Waals surface area contributed by atoms with Crippen molar-refractivity contribution in [3.8, 4) is 0 Å². The third-order valence-electron chi connectivity index (χ3n) is 4.42. The highest BCUT2D eigenvalue weighted by Crippen LogP contribution is 2.33. The fraction of sp³-hybridized carbons (Fsp3) is 0.167. The molecule has 1 heterocycles. The van der Waals surface area contributed by atoms with Crippen LogP contribution in [0.15, 0.2) is 42.5 Å². The predicted octanol–water partition coefficient (Wildman–Crippen LogP) is 2.79. The van der Waals surface area contributed by atoms with Gasteiger partial charge < -0.3 is 10.6 Å². The standard InChI is InChI=1S/C18H14ClFN4O5/c1-18(11-4-2-3-5-12(11)19)16(26)23(17(27)22-18)9-15(25)21-14-8-10(24(28)29)6-7-13(14)20/h2-8H,9H2,1H3,(H,21,25)(H,22,27)/t18-/m0/s1. The number of nitrogens with zero attached hydrogens (tertiary/aromatic N) is 2. The summed E-state index contributed by atoms with van der Waals surface area (Å²) in [6.07, 6.45) is 0. The number of carbonyl (C=O) groups excluding carboxylic acids is 3. The maximum absolute atomic E-state index is 13.8. The second-order valence-electron chi connectivity index (χ2n) is 6.40. The number of nitro groups is 1. The largest absolute Gasteiger partial charge is 0.325 e. The Morgan fingerprint density at radius 2 is 2.00 bits per heavy atom. The van der Waals surface area contributed by atoms with Gasteiger partial charge in [0.15, 0.2) is 0 Å². The Hall–Kier alpha value is -3.53. The molecule has 2 aromatic carbocycles. The third-order valence-corrected chi connectivity index (χ3v) is 4.75. The molecule has 4 amide bonds. The average Bonchev–Trinajstić information content (AvgIpc) is 2.87. The van der Waals surface area contributed by atoms with Crippen LogP contribution in [0.1, 0.15) is 12.5 Å². The second kappa shape index (κ2) is 7.47. The Labute approximate surface area is 168 Å². The molecule has 9 nitrogen and oxygen atoms in total. The number of amides is 4. The molecule has 1 saturated heterocycles. The number of halogens is 2. The SMILES string of the molecule is C[C@@]1(c2ccccc2Cl)NC(=O)N(CC(=O)Nc2cc([N+](=O)[O-])ccc2F)C1=O. The van der Waals surface area contributed by atoms with Crippen molar-refractivity contribution in [3.05, 3.63) is 69.0 Å². The summed E-state index contributed by atoms with van der Waals surface area (Å²) in [4.78, 5) is 48.1. The van der Waals surface area contributed by atoms with E-state index in [2.05, 4.69) is 10.6 Å².